The van der Waals surface area contributed by atoms with Crippen LogP contribution in [0.1, 0.15) is 26.2 Å². The molecule has 21 heavy (non-hydrogen) atoms. The summed E-state index contributed by atoms with van der Waals surface area (Å²) in [6, 6.07) is 1.91. The standard InChI is InChI=1S/C14H22N4O3/c1-2-21-14(20)17-7-6-16-11-12(10-15)13(19)18-8-4-3-5-9-18/h11,16H,2-9H2,1H3,(H,17,20)/b12-11-. The average Bonchev–Trinajstić information content (AvgIpc) is 2.51. The number of hydrogen-bond donors (Lipinski definition) is 2. The van der Waals surface area contributed by atoms with Crippen molar-refractivity contribution in [3.8, 4) is 6.07 Å². The normalized spacial score (nSPS) is 15.0. The van der Waals surface area contributed by atoms with E-state index in [-0.39, 0.29) is 11.5 Å². The van der Waals surface area contributed by atoms with Crippen LogP contribution in [0.5, 0.6) is 0 Å². The molecule has 0 atom stereocenters. The van der Waals surface area contributed by atoms with Gasteiger partial charge in [-0.3, -0.25) is 4.79 Å². The predicted octanol–water partition coefficient (Wildman–Crippen LogP) is 0.742. The van der Waals surface area contributed by atoms with Gasteiger partial charge in [0.1, 0.15) is 11.6 Å². The first-order valence-corrected chi connectivity index (χ1v) is 7.22. The second kappa shape index (κ2) is 9.64. The number of amides is 2. The lowest BCUT2D eigenvalue weighted by Crippen LogP contribution is -2.37. The van der Waals surface area contributed by atoms with Crippen molar-refractivity contribution < 1.29 is 14.3 Å². The molecule has 1 saturated heterocycles. The molecule has 1 aliphatic heterocycles. The Hall–Kier alpha value is -2.23. The Balaban J connectivity index is 2.33. The van der Waals surface area contributed by atoms with E-state index in [1.165, 1.54) is 6.20 Å². The molecule has 1 fully saturated rings. The Morgan fingerprint density at radius 1 is 1.29 bits per heavy atom. The molecule has 0 unspecified atom stereocenters. The summed E-state index contributed by atoms with van der Waals surface area (Å²) in [5, 5.41) is 14.4. The Bertz CT molecular complexity index is 422. The lowest BCUT2D eigenvalue weighted by Gasteiger charge is -2.26. The summed E-state index contributed by atoms with van der Waals surface area (Å²) < 4.78 is 4.70. The van der Waals surface area contributed by atoms with Gasteiger partial charge < -0.3 is 20.3 Å². The molecule has 0 saturated carbocycles. The minimum Gasteiger partial charge on any atom is -0.450 e. The number of carbonyl (C=O) groups excluding carboxylic acids is 2. The van der Waals surface area contributed by atoms with Gasteiger partial charge in [-0.2, -0.15) is 5.26 Å². The number of carbonyl (C=O) groups is 2. The van der Waals surface area contributed by atoms with Crippen LogP contribution in [0.4, 0.5) is 4.79 Å². The van der Waals surface area contributed by atoms with Gasteiger partial charge in [0.15, 0.2) is 0 Å². The predicted molar refractivity (Wildman–Crippen MR) is 77.2 cm³/mol. The van der Waals surface area contributed by atoms with Crippen LogP contribution in [0.15, 0.2) is 11.8 Å². The molecule has 2 amide bonds. The van der Waals surface area contributed by atoms with Crippen molar-refractivity contribution in [2.45, 2.75) is 26.2 Å². The fraction of sp³-hybridized carbons (Fsp3) is 0.643. The third kappa shape index (κ3) is 6.17. The highest BCUT2D eigenvalue weighted by Gasteiger charge is 2.19. The summed E-state index contributed by atoms with van der Waals surface area (Å²) in [6.07, 6.45) is 4.03. The summed E-state index contributed by atoms with van der Waals surface area (Å²) in [5.74, 6) is -0.233. The Morgan fingerprint density at radius 3 is 2.62 bits per heavy atom. The van der Waals surface area contributed by atoms with E-state index in [1.54, 1.807) is 11.8 Å². The van der Waals surface area contributed by atoms with Crippen LogP contribution >= 0.6 is 0 Å². The molecular formula is C14H22N4O3. The van der Waals surface area contributed by atoms with Crippen molar-refractivity contribution in [2.24, 2.45) is 0 Å². The first kappa shape index (κ1) is 16.8. The van der Waals surface area contributed by atoms with Gasteiger partial charge in [0.05, 0.1) is 6.61 Å². The molecule has 116 valence electrons. The third-order valence-electron chi connectivity index (χ3n) is 3.05. The summed E-state index contributed by atoms with van der Waals surface area (Å²) in [6.45, 7) is 4.24. The van der Waals surface area contributed by atoms with E-state index in [0.29, 0.717) is 32.8 Å². The maximum atomic E-state index is 12.1. The van der Waals surface area contributed by atoms with Gasteiger partial charge in [-0.05, 0) is 26.2 Å². The van der Waals surface area contributed by atoms with Crippen molar-refractivity contribution in [3.63, 3.8) is 0 Å². The molecule has 0 bridgehead atoms. The molecule has 0 aliphatic carbocycles. The summed E-state index contributed by atoms with van der Waals surface area (Å²) in [5.41, 5.74) is 0.0908. The summed E-state index contributed by atoms with van der Waals surface area (Å²) in [7, 11) is 0. The molecule has 0 spiro atoms. The van der Waals surface area contributed by atoms with Gasteiger partial charge in [-0.25, -0.2) is 4.79 Å². The topological polar surface area (TPSA) is 94.5 Å². The molecule has 0 aromatic rings. The highest BCUT2D eigenvalue weighted by Crippen LogP contribution is 2.11. The minimum atomic E-state index is -0.479. The highest BCUT2D eigenvalue weighted by molar-refractivity contribution is 5.97. The molecule has 1 heterocycles. The van der Waals surface area contributed by atoms with Crippen molar-refractivity contribution >= 4 is 12.0 Å². The average molecular weight is 294 g/mol. The molecule has 7 nitrogen and oxygen atoms in total. The number of nitriles is 1. The van der Waals surface area contributed by atoms with E-state index in [2.05, 4.69) is 10.6 Å². The van der Waals surface area contributed by atoms with Crippen LogP contribution in [0.2, 0.25) is 0 Å². The van der Waals surface area contributed by atoms with Gasteiger partial charge in [0.2, 0.25) is 0 Å². The molecule has 7 heteroatoms. The number of nitrogens with one attached hydrogen (secondary N) is 2. The van der Waals surface area contributed by atoms with Crippen LogP contribution < -0.4 is 10.6 Å². The minimum absolute atomic E-state index is 0.0908. The number of ether oxygens (including phenoxy) is 1. The molecule has 0 aromatic carbocycles. The molecular weight excluding hydrogens is 272 g/mol. The van der Waals surface area contributed by atoms with E-state index in [0.717, 1.165) is 19.3 Å². The van der Waals surface area contributed by atoms with Gasteiger partial charge in [0, 0.05) is 32.4 Å². The van der Waals surface area contributed by atoms with Crippen LogP contribution in [-0.4, -0.2) is 49.7 Å². The summed E-state index contributed by atoms with van der Waals surface area (Å²) >= 11 is 0. The first-order valence-electron chi connectivity index (χ1n) is 7.22. The number of rotatable bonds is 6. The van der Waals surface area contributed by atoms with Crippen molar-refractivity contribution in [2.75, 3.05) is 32.8 Å². The molecule has 2 N–H and O–H groups in total. The number of hydrogen-bond acceptors (Lipinski definition) is 5. The summed E-state index contributed by atoms with van der Waals surface area (Å²) in [4.78, 5) is 24.8. The van der Waals surface area contributed by atoms with Crippen molar-refractivity contribution in [1.82, 2.24) is 15.5 Å². The Kier molecular flexibility index (Phi) is 7.72. The SMILES string of the molecule is CCOC(=O)NCCN/C=C(/C#N)C(=O)N1CCCCC1. The number of likely N-dealkylation sites (tertiary alicyclic amines) is 1. The lowest BCUT2D eigenvalue weighted by atomic mass is 10.1. The Labute approximate surface area is 124 Å². The van der Waals surface area contributed by atoms with Gasteiger partial charge in [-0.1, -0.05) is 0 Å². The zero-order valence-corrected chi connectivity index (χ0v) is 12.4. The van der Waals surface area contributed by atoms with Gasteiger partial charge in [-0.15, -0.1) is 0 Å². The molecule has 0 aromatic heterocycles. The fourth-order valence-electron chi connectivity index (χ4n) is 2.00. The zero-order valence-electron chi connectivity index (χ0n) is 12.4. The monoisotopic (exact) mass is 294 g/mol. The van der Waals surface area contributed by atoms with Crippen LogP contribution in [0, 0.1) is 11.3 Å². The number of alkyl carbamates (subject to hydrolysis) is 1. The van der Waals surface area contributed by atoms with Gasteiger partial charge in [0.25, 0.3) is 5.91 Å². The molecule has 0 radical (unpaired) electrons. The van der Waals surface area contributed by atoms with Crippen molar-refractivity contribution in [1.29, 1.82) is 5.26 Å². The van der Waals surface area contributed by atoms with E-state index < -0.39 is 6.09 Å². The highest BCUT2D eigenvalue weighted by atomic mass is 16.5. The van der Waals surface area contributed by atoms with Crippen LogP contribution in [0.3, 0.4) is 0 Å². The van der Waals surface area contributed by atoms with E-state index in [1.807, 2.05) is 6.07 Å². The molecule has 1 aliphatic rings. The van der Waals surface area contributed by atoms with E-state index in [4.69, 9.17) is 10.00 Å². The van der Waals surface area contributed by atoms with E-state index >= 15 is 0 Å². The second-order valence-corrected chi connectivity index (χ2v) is 4.62. The number of piperidine rings is 1. The molecule has 1 rings (SSSR count). The maximum absolute atomic E-state index is 12.1. The third-order valence-corrected chi connectivity index (χ3v) is 3.05. The van der Waals surface area contributed by atoms with E-state index in [9.17, 15) is 9.59 Å². The van der Waals surface area contributed by atoms with Crippen molar-refractivity contribution in [3.05, 3.63) is 11.8 Å². The largest absolute Gasteiger partial charge is 0.450 e. The smallest absolute Gasteiger partial charge is 0.407 e. The maximum Gasteiger partial charge on any atom is 0.407 e. The fourth-order valence-corrected chi connectivity index (χ4v) is 2.00. The Morgan fingerprint density at radius 2 is 2.00 bits per heavy atom. The quantitative estimate of drug-likeness (QED) is 0.428. The van der Waals surface area contributed by atoms with Crippen LogP contribution in [-0.2, 0) is 9.53 Å². The zero-order chi connectivity index (χ0) is 15.5. The first-order chi connectivity index (χ1) is 10.2. The number of nitrogens with zero attached hydrogens (tertiary/aromatic N) is 2. The second-order valence-electron chi connectivity index (χ2n) is 4.62. The van der Waals surface area contributed by atoms with Crippen LogP contribution in [0.25, 0.3) is 0 Å². The van der Waals surface area contributed by atoms with Gasteiger partial charge >= 0.3 is 6.09 Å². The lowest BCUT2D eigenvalue weighted by molar-refractivity contribution is -0.127.